The van der Waals surface area contributed by atoms with E-state index < -0.39 is 0 Å². The monoisotopic (exact) mass is 259 g/mol. The first-order chi connectivity index (χ1) is 8.79. The van der Waals surface area contributed by atoms with Crippen LogP contribution in [0.5, 0.6) is 0 Å². The zero-order chi connectivity index (χ0) is 12.8. The third-order valence-corrected chi connectivity index (χ3v) is 5.17. The van der Waals surface area contributed by atoms with Crippen molar-refractivity contribution in [1.29, 1.82) is 5.26 Å². The average Bonchev–Trinajstić information content (AvgIpc) is 2.41. The van der Waals surface area contributed by atoms with Gasteiger partial charge in [0.05, 0.1) is 12.0 Å². The van der Waals surface area contributed by atoms with Gasteiger partial charge in [-0.05, 0) is 24.3 Å². The van der Waals surface area contributed by atoms with Gasteiger partial charge in [0.25, 0.3) is 0 Å². The first-order valence-corrected chi connectivity index (χ1v) is 7.90. The Hall–Kier alpha value is -0.940. The van der Waals surface area contributed by atoms with Gasteiger partial charge in [-0.1, -0.05) is 50.1 Å². The van der Waals surface area contributed by atoms with Gasteiger partial charge in [-0.3, -0.25) is 0 Å². The van der Waals surface area contributed by atoms with Crippen molar-refractivity contribution in [2.45, 2.75) is 43.8 Å². The highest BCUT2D eigenvalue weighted by atomic mass is 32.2. The summed E-state index contributed by atoms with van der Waals surface area (Å²) in [5.41, 5.74) is 1.16. The van der Waals surface area contributed by atoms with Gasteiger partial charge in [-0.25, -0.2) is 0 Å². The third-order valence-electron chi connectivity index (χ3n) is 3.74. The average molecular weight is 259 g/mol. The second kappa shape index (κ2) is 6.85. The maximum absolute atomic E-state index is 9.30. The molecule has 1 aromatic carbocycles. The Bertz CT molecular complexity index is 395. The smallest absolute Gasteiger partial charge is 0.0803 e. The summed E-state index contributed by atoms with van der Waals surface area (Å²) in [4.78, 5) is 0. The summed E-state index contributed by atoms with van der Waals surface area (Å²) >= 11 is 2.01. The molecule has 0 radical (unpaired) electrons. The predicted molar refractivity (Wildman–Crippen MR) is 78.7 cm³/mol. The highest BCUT2D eigenvalue weighted by molar-refractivity contribution is 7.99. The summed E-state index contributed by atoms with van der Waals surface area (Å²) in [6.07, 6.45) is 5.42. The lowest BCUT2D eigenvalue weighted by atomic mass is 9.91. The second-order valence-corrected chi connectivity index (χ2v) is 6.65. The highest BCUT2D eigenvalue weighted by Gasteiger charge is 2.21. The Morgan fingerprint density at radius 2 is 2.11 bits per heavy atom. The number of benzene rings is 1. The Labute approximate surface area is 115 Å². The van der Waals surface area contributed by atoms with Crippen molar-refractivity contribution in [3.8, 4) is 6.07 Å². The molecule has 1 nitrogen and oxygen atoms in total. The molecule has 0 aromatic heterocycles. The highest BCUT2D eigenvalue weighted by Crippen LogP contribution is 2.34. The quantitative estimate of drug-likeness (QED) is 0.788. The number of hydrogen-bond acceptors (Lipinski definition) is 2. The minimum atomic E-state index is 0.0495. The lowest BCUT2D eigenvalue weighted by molar-refractivity contribution is 0.394. The van der Waals surface area contributed by atoms with Crippen LogP contribution in [0, 0.1) is 17.2 Å². The van der Waals surface area contributed by atoms with Gasteiger partial charge in [-0.2, -0.15) is 17.0 Å². The van der Waals surface area contributed by atoms with Crippen molar-refractivity contribution >= 4 is 11.8 Å². The molecule has 96 valence electrons. The Balaban J connectivity index is 1.86. The molecule has 0 amide bonds. The lowest BCUT2D eigenvalue weighted by Gasteiger charge is -2.26. The maximum atomic E-state index is 9.30. The molecule has 1 aliphatic carbocycles. The standard InChI is InChI=1S/C16H21NS/c1-13-6-5-9-16(10-13)18-12-15(11-17)14-7-3-2-4-8-14/h2-4,7-8,13,15-16H,5-6,9-10,12H2,1H3. The van der Waals surface area contributed by atoms with Crippen LogP contribution in [-0.2, 0) is 0 Å². The molecular formula is C16H21NS. The third kappa shape index (κ3) is 3.78. The van der Waals surface area contributed by atoms with Crippen LogP contribution in [0.4, 0.5) is 0 Å². The van der Waals surface area contributed by atoms with Crippen LogP contribution >= 0.6 is 11.8 Å². The van der Waals surface area contributed by atoms with Gasteiger partial charge in [-0.15, -0.1) is 0 Å². The van der Waals surface area contributed by atoms with E-state index in [0.717, 1.165) is 22.5 Å². The first kappa shape index (κ1) is 13.5. The normalized spacial score (nSPS) is 25.3. The summed E-state index contributed by atoms with van der Waals surface area (Å²) in [5.74, 6) is 1.86. The van der Waals surface area contributed by atoms with E-state index >= 15 is 0 Å². The van der Waals surface area contributed by atoms with E-state index in [-0.39, 0.29) is 5.92 Å². The largest absolute Gasteiger partial charge is 0.198 e. The summed E-state index contributed by atoms with van der Waals surface area (Å²) in [5, 5.41) is 10.1. The van der Waals surface area contributed by atoms with Crippen LogP contribution in [0.1, 0.15) is 44.1 Å². The molecule has 0 heterocycles. The summed E-state index contributed by atoms with van der Waals surface area (Å²) < 4.78 is 0. The Morgan fingerprint density at radius 1 is 1.33 bits per heavy atom. The zero-order valence-corrected chi connectivity index (χ0v) is 11.8. The van der Waals surface area contributed by atoms with Crippen LogP contribution in [0.15, 0.2) is 30.3 Å². The van der Waals surface area contributed by atoms with Crippen LogP contribution < -0.4 is 0 Å². The molecule has 1 fully saturated rings. The molecule has 0 N–H and O–H groups in total. The molecule has 0 aliphatic heterocycles. The molecule has 2 rings (SSSR count). The molecule has 1 saturated carbocycles. The summed E-state index contributed by atoms with van der Waals surface area (Å²) in [7, 11) is 0. The van der Waals surface area contributed by atoms with Crippen molar-refractivity contribution in [3.63, 3.8) is 0 Å². The molecule has 3 unspecified atom stereocenters. The number of thioether (sulfide) groups is 1. The van der Waals surface area contributed by atoms with Crippen molar-refractivity contribution in [2.75, 3.05) is 5.75 Å². The minimum absolute atomic E-state index is 0.0495. The zero-order valence-electron chi connectivity index (χ0n) is 11.0. The van der Waals surface area contributed by atoms with E-state index in [0.29, 0.717) is 0 Å². The minimum Gasteiger partial charge on any atom is -0.198 e. The summed E-state index contributed by atoms with van der Waals surface area (Å²) in [6, 6.07) is 12.6. The molecular weight excluding hydrogens is 238 g/mol. The van der Waals surface area contributed by atoms with E-state index in [2.05, 4.69) is 25.1 Å². The molecule has 1 aliphatic rings. The summed E-state index contributed by atoms with van der Waals surface area (Å²) in [6.45, 7) is 2.35. The second-order valence-electron chi connectivity index (χ2n) is 5.32. The number of nitriles is 1. The lowest BCUT2D eigenvalue weighted by Crippen LogP contribution is -2.16. The SMILES string of the molecule is CC1CCCC(SCC(C#N)c2ccccc2)C1. The van der Waals surface area contributed by atoms with Gasteiger partial charge in [0, 0.05) is 11.0 Å². The molecule has 2 heteroatoms. The Kier molecular flexibility index (Phi) is 5.13. The van der Waals surface area contributed by atoms with Crippen molar-refractivity contribution in [2.24, 2.45) is 5.92 Å². The van der Waals surface area contributed by atoms with Crippen molar-refractivity contribution < 1.29 is 0 Å². The van der Waals surface area contributed by atoms with E-state index in [9.17, 15) is 5.26 Å². The van der Waals surface area contributed by atoms with E-state index in [1.54, 1.807) is 0 Å². The molecule has 3 atom stereocenters. The fraction of sp³-hybridized carbons (Fsp3) is 0.562. The van der Waals surface area contributed by atoms with Crippen molar-refractivity contribution in [3.05, 3.63) is 35.9 Å². The topological polar surface area (TPSA) is 23.8 Å². The number of nitrogens with zero attached hydrogens (tertiary/aromatic N) is 1. The van der Waals surface area contributed by atoms with Crippen LogP contribution in [0.2, 0.25) is 0 Å². The van der Waals surface area contributed by atoms with Gasteiger partial charge in [0.2, 0.25) is 0 Å². The van der Waals surface area contributed by atoms with Crippen LogP contribution in [0.3, 0.4) is 0 Å². The first-order valence-electron chi connectivity index (χ1n) is 6.85. The van der Waals surface area contributed by atoms with Crippen LogP contribution in [-0.4, -0.2) is 11.0 Å². The van der Waals surface area contributed by atoms with E-state index in [1.807, 2.05) is 30.0 Å². The fourth-order valence-electron chi connectivity index (χ4n) is 2.66. The van der Waals surface area contributed by atoms with Gasteiger partial charge in [0.1, 0.15) is 0 Å². The van der Waals surface area contributed by atoms with Gasteiger partial charge >= 0.3 is 0 Å². The fourth-order valence-corrected chi connectivity index (χ4v) is 4.19. The molecule has 1 aromatic rings. The van der Waals surface area contributed by atoms with Gasteiger partial charge < -0.3 is 0 Å². The molecule has 0 saturated heterocycles. The Morgan fingerprint density at radius 3 is 2.78 bits per heavy atom. The van der Waals surface area contributed by atoms with Crippen molar-refractivity contribution in [1.82, 2.24) is 0 Å². The maximum Gasteiger partial charge on any atom is 0.0803 e. The van der Waals surface area contributed by atoms with E-state index in [1.165, 1.54) is 25.7 Å². The predicted octanol–water partition coefficient (Wildman–Crippen LogP) is 4.61. The van der Waals surface area contributed by atoms with Crippen LogP contribution in [0.25, 0.3) is 0 Å². The number of hydrogen-bond donors (Lipinski definition) is 0. The van der Waals surface area contributed by atoms with Gasteiger partial charge in [0.15, 0.2) is 0 Å². The molecule has 0 bridgehead atoms. The molecule has 0 spiro atoms. The van der Waals surface area contributed by atoms with E-state index in [4.69, 9.17) is 0 Å². The molecule has 18 heavy (non-hydrogen) atoms. The number of rotatable bonds is 4.